The number of hydrogen-bond acceptors (Lipinski definition) is 5. The summed E-state index contributed by atoms with van der Waals surface area (Å²) in [6, 6.07) is 22.1. The van der Waals surface area contributed by atoms with E-state index in [2.05, 4.69) is 34.7 Å². The summed E-state index contributed by atoms with van der Waals surface area (Å²) in [5, 5.41) is 19.0. The number of hydrogen-bond donors (Lipinski definition) is 3. The van der Waals surface area contributed by atoms with E-state index < -0.39 is 23.8 Å². The standard InChI is InChI=1S/C31H29F2N3O2S/c1-2-19-6-5-7-20(10-19)17-34-18-28(37)27(13-21-11-24(32)16-25(33)12-21)35-30(38)29-15-23-14-22-8-3-4-9-26(22)36-31(23)39-29/h3-12,14-16,27-28,34,37H,2,13,17-18H2,1H3,(H,35,38). The number of carbonyl (C=O) groups excluding carboxylic acids is 1. The van der Waals surface area contributed by atoms with Crippen molar-refractivity contribution in [3.8, 4) is 0 Å². The number of thiophene rings is 1. The number of nitrogens with one attached hydrogen (secondary N) is 2. The van der Waals surface area contributed by atoms with Gasteiger partial charge in [0.25, 0.3) is 5.91 Å². The summed E-state index contributed by atoms with van der Waals surface area (Å²) in [7, 11) is 0. The van der Waals surface area contributed by atoms with Crippen LogP contribution in [-0.2, 0) is 19.4 Å². The van der Waals surface area contributed by atoms with E-state index in [0.29, 0.717) is 17.0 Å². The Balaban J connectivity index is 1.33. The smallest absolute Gasteiger partial charge is 0.261 e. The van der Waals surface area contributed by atoms with Crippen LogP contribution in [0.2, 0.25) is 0 Å². The summed E-state index contributed by atoms with van der Waals surface area (Å²) in [4.78, 5) is 19.1. The van der Waals surface area contributed by atoms with Gasteiger partial charge in [0.1, 0.15) is 16.5 Å². The molecule has 0 spiro atoms. The molecule has 0 fully saturated rings. The molecule has 2 atom stereocenters. The van der Waals surface area contributed by atoms with Gasteiger partial charge in [-0.05, 0) is 59.9 Å². The lowest BCUT2D eigenvalue weighted by molar-refractivity contribution is 0.0833. The van der Waals surface area contributed by atoms with Crippen molar-refractivity contribution >= 4 is 38.4 Å². The number of aliphatic hydroxyl groups excluding tert-OH is 1. The SMILES string of the molecule is CCc1cccc(CNCC(O)C(Cc2cc(F)cc(F)c2)NC(=O)c2cc3cc4ccccc4nc3s2)c1. The first kappa shape index (κ1) is 26.9. The van der Waals surface area contributed by atoms with Crippen LogP contribution < -0.4 is 10.6 Å². The van der Waals surface area contributed by atoms with Gasteiger partial charge in [0.05, 0.1) is 22.5 Å². The van der Waals surface area contributed by atoms with Crippen molar-refractivity contribution in [3.05, 3.63) is 112 Å². The third kappa shape index (κ3) is 6.65. The third-order valence-corrected chi connectivity index (χ3v) is 7.72. The first-order valence-corrected chi connectivity index (χ1v) is 13.7. The maximum Gasteiger partial charge on any atom is 0.261 e. The van der Waals surface area contributed by atoms with Crippen molar-refractivity contribution in [1.29, 1.82) is 0 Å². The second-order valence-corrected chi connectivity index (χ2v) is 10.7. The number of benzene rings is 3. The fraction of sp³-hybridized carbons (Fsp3) is 0.226. The molecule has 0 bridgehead atoms. The minimum atomic E-state index is -1.01. The highest BCUT2D eigenvalue weighted by Crippen LogP contribution is 2.27. The molecule has 3 aromatic carbocycles. The van der Waals surface area contributed by atoms with Gasteiger partial charge in [0, 0.05) is 29.9 Å². The first-order valence-electron chi connectivity index (χ1n) is 12.9. The molecule has 0 aliphatic heterocycles. The molecule has 0 radical (unpaired) electrons. The van der Waals surface area contributed by atoms with Crippen molar-refractivity contribution < 1.29 is 18.7 Å². The Labute approximate surface area is 229 Å². The maximum atomic E-state index is 13.9. The number of nitrogens with zero attached hydrogens (tertiary/aromatic N) is 1. The number of aryl methyl sites for hydroxylation is 1. The molecule has 5 rings (SSSR count). The maximum absolute atomic E-state index is 13.9. The van der Waals surface area contributed by atoms with Crippen LogP contribution in [-0.4, -0.2) is 34.7 Å². The summed E-state index contributed by atoms with van der Waals surface area (Å²) >= 11 is 1.26. The van der Waals surface area contributed by atoms with Gasteiger partial charge < -0.3 is 15.7 Å². The predicted molar refractivity (Wildman–Crippen MR) is 152 cm³/mol. The molecule has 0 aliphatic rings. The lowest BCUT2D eigenvalue weighted by Gasteiger charge is -2.25. The third-order valence-electron chi connectivity index (χ3n) is 6.67. The average Bonchev–Trinajstić information content (AvgIpc) is 3.34. The van der Waals surface area contributed by atoms with Crippen LogP contribution in [0.25, 0.3) is 21.1 Å². The van der Waals surface area contributed by atoms with E-state index >= 15 is 0 Å². The molecular weight excluding hydrogens is 516 g/mol. The van der Waals surface area contributed by atoms with Crippen molar-refractivity contribution in [1.82, 2.24) is 15.6 Å². The lowest BCUT2D eigenvalue weighted by Crippen LogP contribution is -2.48. The van der Waals surface area contributed by atoms with Crippen LogP contribution in [0.4, 0.5) is 8.78 Å². The lowest BCUT2D eigenvalue weighted by atomic mass is 10.0. The summed E-state index contributed by atoms with van der Waals surface area (Å²) in [6.07, 6.45) is -0.0237. The van der Waals surface area contributed by atoms with Gasteiger partial charge in [0.15, 0.2) is 0 Å². The van der Waals surface area contributed by atoms with E-state index in [1.54, 1.807) is 6.07 Å². The average molecular weight is 546 g/mol. The zero-order valence-corrected chi connectivity index (χ0v) is 22.3. The number of aliphatic hydroxyl groups is 1. The van der Waals surface area contributed by atoms with E-state index in [1.165, 1.54) is 29.0 Å². The number of carbonyl (C=O) groups is 1. The fourth-order valence-electron chi connectivity index (χ4n) is 4.66. The highest BCUT2D eigenvalue weighted by molar-refractivity contribution is 7.20. The molecule has 0 saturated heterocycles. The number of amides is 1. The minimum Gasteiger partial charge on any atom is -0.390 e. The summed E-state index contributed by atoms with van der Waals surface area (Å²) in [6.45, 7) is 2.81. The second-order valence-electron chi connectivity index (χ2n) is 9.62. The molecule has 39 heavy (non-hydrogen) atoms. The molecule has 8 heteroatoms. The molecule has 5 aromatic rings. The zero-order valence-electron chi connectivity index (χ0n) is 21.5. The first-order chi connectivity index (χ1) is 18.9. The van der Waals surface area contributed by atoms with Crippen molar-refractivity contribution in [3.63, 3.8) is 0 Å². The summed E-state index contributed by atoms with van der Waals surface area (Å²) in [5.41, 5.74) is 3.49. The van der Waals surface area contributed by atoms with Gasteiger partial charge >= 0.3 is 0 Å². The van der Waals surface area contributed by atoms with Gasteiger partial charge in [0.2, 0.25) is 0 Å². The zero-order chi connectivity index (χ0) is 27.4. The van der Waals surface area contributed by atoms with Gasteiger partial charge in [-0.25, -0.2) is 13.8 Å². The Morgan fingerprint density at radius 2 is 1.69 bits per heavy atom. The minimum absolute atomic E-state index is 0.0572. The highest BCUT2D eigenvalue weighted by Gasteiger charge is 2.24. The van der Waals surface area contributed by atoms with Crippen LogP contribution >= 0.6 is 11.3 Å². The molecule has 3 N–H and O–H groups in total. The van der Waals surface area contributed by atoms with E-state index in [1.807, 2.05) is 42.5 Å². The number of fused-ring (bicyclic) bond motifs is 2. The molecule has 5 nitrogen and oxygen atoms in total. The monoisotopic (exact) mass is 545 g/mol. The molecule has 2 aromatic heterocycles. The molecule has 0 aliphatic carbocycles. The van der Waals surface area contributed by atoms with E-state index in [0.717, 1.165) is 39.2 Å². The fourth-order valence-corrected chi connectivity index (χ4v) is 5.58. The Kier molecular flexibility index (Phi) is 8.26. The largest absolute Gasteiger partial charge is 0.390 e. The Morgan fingerprint density at radius 3 is 2.49 bits per heavy atom. The quantitative estimate of drug-likeness (QED) is 0.208. The van der Waals surface area contributed by atoms with Gasteiger partial charge in [-0.15, -0.1) is 11.3 Å². The Bertz CT molecular complexity index is 1550. The molecule has 1 amide bonds. The van der Waals surface area contributed by atoms with Crippen LogP contribution in [0.1, 0.15) is 33.3 Å². The second kappa shape index (κ2) is 12.0. The van der Waals surface area contributed by atoms with E-state index in [4.69, 9.17) is 0 Å². The van der Waals surface area contributed by atoms with Crippen LogP contribution in [0.15, 0.2) is 78.9 Å². The van der Waals surface area contributed by atoms with Crippen molar-refractivity contribution in [2.45, 2.75) is 38.5 Å². The van der Waals surface area contributed by atoms with Gasteiger partial charge in [-0.2, -0.15) is 0 Å². The van der Waals surface area contributed by atoms with E-state index in [-0.39, 0.29) is 18.9 Å². The van der Waals surface area contributed by atoms with Gasteiger partial charge in [-0.1, -0.05) is 49.4 Å². The molecular formula is C31H29F2N3O2S. The van der Waals surface area contributed by atoms with Gasteiger partial charge in [-0.3, -0.25) is 4.79 Å². The van der Waals surface area contributed by atoms with Crippen molar-refractivity contribution in [2.24, 2.45) is 0 Å². The van der Waals surface area contributed by atoms with E-state index in [9.17, 15) is 18.7 Å². The molecule has 200 valence electrons. The van der Waals surface area contributed by atoms with Crippen LogP contribution in [0.5, 0.6) is 0 Å². The number of para-hydroxylation sites is 1. The number of rotatable bonds is 10. The normalized spacial score (nSPS) is 13.0. The summed E-state index contributed by atoms with van der Waals surface area (Å²) in [5.74, 6) is -1.79. The topological polar surface area (TPSA) is 74.2 Å². The Morgan fingerprint density at radius 1 is 0.923 bits per heavy atom. The number of halogens is 2. The Hall–Kier alpha value is -3.72. The molecule has 0 saturated carbocycles. The number of aromatic nitrogens is 1. The van der Waals surface area contributed by atoms with Crippen molar-refractivity contribution in [2.75, 3.05) is 6.54 Å². The molecule has 2 heterocycles. The summed E-state index contributed by atoms with van der Waals surface area (Å²) < 4.78 is 27.8. The molecule has 2 unspecified atom stereocenters. The van der Waals surface area contributed by atoms with Crippen LogP contribution in [0, 0.1) is 11.6 Å². The number of pyridine rings is 1. The predicted octanol–water partition coefficient (Wildman–Crippen LogP) is 5.78. The van der Waals surface area contributed by atoms with Crippen LogP contribution in [0.3, 0.4) is 0 Å². The highest BCUT2D eigenvalue weighted by atomic mass is 32.1.